The largest absolute Gasteiger partial charge is 0.451 e. The van der Waals surface area contributed by atoms with Crippen molar-refractivity contribution < 1.29 is 18.3 Å². The van der Waals surface area contributed by atoms with E-state index in [0.717, 1.165) is 26.3 Å². The van der Waals surface area contributed by atoms with Gasteiger partial charge in [-0.05, 0) is 30.2 Å². The lowest BCUT2D eigenvalue weighted by molar-refractivity contribution is 0.0119. The van der Waals surface area contributed by atoms with Gasteiger partial charge in [-0.3, -0.25) is 9.69 Å². The Morgan fingerprint density at radius 2 is 2.00 bits per heavy atom. The summed E-state index contributed by atoms with van der Waals surface area (Å²) in [4.78, 5) is 17.0. The van der Waals surface area contributed by atoms with E-state index in [-0.39, 0.29) is 17.5 Å². The maximum Gasteiger partial charge on any atom is 0.289 e. The van der Waals surface area contributed by atoms with Crippen molar-refractivity contribution in [3.8, 4) is 0 Å². The van der Waals surface area contributed by atoms with Gasteiger partial charge in [0.15, 0.2) is 5.76 Å². The molecule has 0 aliphatic carbocycles. The van der Waals surface area contributed by atoms with Crippen molar-refractivity contribution in [2.45, 2.75) is 13.0 Å². The zero-order valence-corrected chi connectivity index (χ0v) is 13.7. The van der Waals surface area contributed by atoms with Gasteiger partial charge >= 0.3 is 0 Å². The minimum atomic E-state index is -0.329. The lowest BCUT2D eigenvalue weighted by atomic mass is 10.0. The van der Waals surface area contributed by atoms with Gasteiger partial charge in [-0.1, -0.05) is 6.92 Å². The Hall–Kier alpha value is -1.92. The van der Waals surface area contributed by atoms with E-state index >= 15 is 0 Å². The molecule has 2 aliphatic heterocycles. The van der Waals surface area contributed by atoms with Crippen LogP contribution in [0.4, 0.5) is 4.39 Å². The Bertz CT molecular complexity index is 754. The first kappa shape index (κ1) is 15.6. The highest BCUT2D eigenvalue weighted by atomic mass is 19.1. The third kappa shape index (κ3) is 2.80. The fourth-order valence-corrected chi connectivity index (χ4v) is 3.78. The van der Waals surface area contributed by atoms with Gasteiger partial charge in [0.05, 0.1) is 13.2 Å². The molecule has 0 N–H and O–H groups in total. The molecule has 2 aromatic rings. The average molecular weight is 332 g/mol. The summed E-state index contributed by atoms with van der Waals surface area (Å²) in [6.07, 6.45) is 0. The third-order valence-corrected chi connectivity index (χ3v) is 5.06. The number of nitrogens with zero attached hydrogens (tertiary/aromatic N) is 2. The van der Waals surface area contributed by atoms with Crippen molar-refractivity contribution in [1.82, 2.24) is 9.80 Å². The van der Waals surface area contributed by atoms with E-state index < -0.39 is 0 Å². The number of furan rings is 1. The van der Waals surface area contributed by atoms with Gasteiger partial charge in [-0.15, -0.1) is 0 Å². The second-order valence-corrected chi connectivity index (χ2v) is 6.70. The lowest BCUT2D eigenvalue weighted by Crippen LogP contribution is -2.47. The van der Waals surface area contributed by atoms with Gasteiger partial charge in [0.25, 0.3) is 5.91 Å². The molecule has 6 heteroatoms. The molecule has 2 saturated heterocycles. The SMILES string of the molecule is C[C@H]1CN(C(=O)c2cc3cc(F)ccc3o2)C[C@H]1N1CCOCC1. The minimum Gasteiger partial charge on any atom is -0.451 e. The van der Waals surface area contributed by atoms with Gasteiger partial charge in [0, 0.05) is 37.6 Å². The van der Waals surface area contributed by atoms with E-state index in [2.05, 4.69) is 11.8 Å². The molecule has 1 amide bonds. The first-order chi connectivity index (χ1) is 11.6. The molecule has 0 saturated carbocycles. The molecule has 5 nitrogen and oxygen atoms in total. The van der Waals surface area contributed by atoms with Crippen LogP contribution in [0, 0.1) is 11.7 Å². The molecular formula is C18H21FN2O3. The normalized spacial score (nSPS) is 25.5. The van der Waals surface area contributed by atoms with Crippen LogP contribution in [0.25, 0.3) is 11.0 Å². The van der Waals surface area contributed by atoms with E-state index in [1.807, 2.05) is 4.90 Å². The molecule has 3 heterocycles. The van der Waals surface area contributed by atoms with Gasteiger partial charge in [0.2, 0.25) is 0 Å². The number of rotatable bonds is 2. The summed E-state index contributed by atoms with van der Waals surface area (Å²) in [6, 6.07) is 6.28. The minimum absolute atomic E-state index is 0.116. The fourth-order valence-electron chi connectivity index (χ4n) is 3.78. The summed E-state index contributed by atoms with van der Waals surface area (Å²) in [7, 11) is 0. The van der Waals surface area contributed by atoms with Crippen molar-refractivity contribution in [2.75, 3.05) is 39.4 Å². The first-order valence-corrected chi connectivity index (χ1v) is 8.42. The number of carbonyl (C=O) groups is 1. The number of hydrogen-bond donors (Lipinski definition) is 0. The van der Waals surface area contributed by atoms with Crippen LogP contribution in [-0.4, -0.2) is 61.1 Å². The standard InChI is InChI=1S/C18H21FN2O3/c1-12-10-21(11-15(12)20-4-6-23-7-5-20)18(22)17-9-13-8-14(19)2-3-16(13)24-17/h2-3,8-9,12,15H,4-7,10-11H2,1H3/t12-,15+/m0/s1. The van der Waals surface area contributed by atoms with Gasteiger partial charge in [-0.2, -0.15) is 0 Å². The predicted octanol–water partition coefficient (Wildman–Crippen LogP) is 2.36. The summed E-state index contributed by atoms with van der Waals surface area (Å²) in [5.74, 6) is 0.248. The van der Waals surface area contributed by atoms with Crippen LogP contribution in [0.2, 0.25) is 0 Å². The number of ether oxygens (including phenoxy) is 1. The zero-order chi connectivity index (χ0) is 16.7. The molecule has 2 atom stereocenters. The highest BCUT2D eigenvalue weighted by molar-refractivity contribution is 5.96. The summed E-state index contributed by atoms with van der Waals surface area (Å²) in [5, 5.41) is 0.621. The maximum atomic E-state index is 13.3. The van der Waals surface area contributed by atoms with E-state index in [4.69, 9.17) is 9.15 Å². The van der Waals surface area contributed by atoms with Crippen LogP contribution in [-0.2, 0) is 4.74 Å². The molecule has 2 fully saturated rings. The number of halogens is 1. The highest BCUT2D eigenvalue weighted by Crippen LogP contribution is 2.26. The second-order valence-electron chi connectivity index (χ2n) is 6.70. The van der Waals surface area contributed by atoms with Crippen molar-refractivity contribution in [3.05, 3.63) is 35.8 Å². The van der Waals surface area contributed by atoms with Crippen LogP contribution in [0.15, 0.2) is 28.7 Å². The van der Waals surface area contributed by atoms with Gasteiger partial charge in [0.1, 0.15) is 11.4 Å². The number of benzene rings is 1. The number of fused-ring (bicyclic) bond motifs is 1. The molecule has 0 spiro atoms. The Balaban J connectivity index is 1.51. The Morgan fingerprint density at radius 1 is 1.21 bits per heavy atom. The first-order valence-electron chi connectivity index (χ1n) is 8.42. The molecule has 0 bridgehead atoms. The Kier molecular flexibility index (Phi) is 4.02. The number of morpholine rings is 1. The Morgan fingerprint density at radius 3 is 2.79 bits per heavy atom. The molecule has 2 aliphatic rings. The zero-order valence-electron chi connectivity index (χ0n) is 13.7. The monoisotopic (exact) mass is 332 g/mol. The quantitative estimate of drug-likeness (QED) is 0.847. The number of hydrogen-bond acceptors (Lipinski definition) is 4. The summed E-state index contributed by atoms with van der Waals surface area (Å²) in [5.41, 5.74) is 0.539. The van der Waals surface area contributed by atoms with Crippen LogP contribution in [0.1, 0.15) is 17.5 Å². The Labute approximate surface area is 140 Å². The van der Waals surface area contributed by atoms with Gasteiger partial charge < -0.3 is 14.1 Å². The summed E-state index contributed by atoms with van der Waals surface area (Å²) in [6.45, 7) is 6.94. The molecule has 0 radical (unpaired) electrons. The molecule has 4 rings (SSSR count). The number of amides is 1. The molecule has 24 heavy (non-hydrogen) atoms. The van der Waals surface area contributed by atoms with Crippen molar-refractivity contribution in [3.63, 3.8) is 0 Å². The second kappa shape index (κ2) is 6.18. The van der Waals surface area contributed by atoms with Crippen LogP contribution in [0.3, 0.4) is 0 Å². The van der Waals surface area contributed by atoms with Crippen molar-refractivity contribution in [1.29, 1.82) is 0 Å². The van der Waals surface area contributed by atoms with Crippen molar-refractivity contribution >= 4 is 16.9 Å². The van der Waals surface area contributed by atoms with Crippen molar-refractivity contribution in [2.24, 2.45) is 5.92 Å². The topological polar surface area (TPSA) is 45.9 Å². The van der Waals surface area contributed by atoms with Crippen LogP contribution in [0.5, 0.6) is 0 Å². The molecule has 128 valence electrons. The lowest BCUT2D eigenvalue weighted by Gasteiger charge is -2.33. The maximum absolute atomic E-state index is 13.3. The molecule has 0 unspecified atom stereocenters. The van der Waals surface area contributed by atoms with E-state index in [0.29, 0.717) is 36.0 Å². The smallest absolute Gasteiger partial charge is 0.289 e. The molecule has 1 aromatic heterocycles. The van der Waals surface area contributed by atoms with Crippen LogP contribution < -0.4 is 0 Å². The predicted molar refractivity (Wildman–Crippen MR) is 87.4 cm³/mol. The summed E-state index contributed by atoms with van der Waals surface area (Å²) < 4.78 is 24.3. The summed E-state index contributed by atoms with van der Waals surface area (Å²) >= 11 is 0. The van der Waals surface area contributed by atoms with E-state index in [9.17, 15) is 9.18 Å². The van der Waals surface area contributed by atoms with Gasteiger partial charge in [-0.25, -0.2) is 4.39 Å². The number of likely N-dealkylation sites (tertiary alicyclic amines) is 1. The fraction of sp³-hybridized carbons (Fsp3) is 0.500. The third-order valence-electron chi connectivity index (χ3n) is 5.06. The number of carbonyl (C=O) groups excluding carboxylic acids is 1. The highest BCUT2D eigenvalue weighted by Gasteiger charge is 2.37. The van der Waals surface area contributed by atoms with Crippen LogP contribution >= 0.6 is 0 Å². The molecule has 1 aromatic carbocycles. The average Bonchev–Trinajstić information content (AvgIpc) is 3.18. The van der Waals surface area contributed by atoms with E-state index in [1.165, 1.54) is 12.1 Å². The van der Waals surface area contributed by atoms with E-state index in [1.54, 1.807) is 12.1 Å². The molecular weight excluding hydrogens is 311 g/mol.